The maximum atomic E-state index is 9.87. The lowest BCUT2D eigenvalue weighted by Crippen LogP contribution is -2.58. The molecular formula is C8H20NO+. The highest BCUT2D eigenvalue weighted by molar-refractivity contribution is 4.59. The van der Waals surface area contributed by atoms with Gasteiger partial charge in [0, 0.05) is 0 Å². The van der Waals surface area contributed by atoms with Gasteiger partial charge in [0.2, 0.25) is 0 Å². The van der Waals surface area contributed by atoms with E-state index in [4.69, 9.17) is 0 Å². The summed E-state index contributed by atoms with van der Waals surface area (Å²) in [5.74, 6) is 0. The summed E-state index contributed by atoms with van der Waals surface area (Å²) in [7, 11) is 1.84. The third-order valence-electron chi connectivity index (χ3n) is 2.36. The molecule has 1 N–H and O–H groups in total. The van der Waals surface area contributed by atoms with E-state index in [1.54, 1.807) is 0 Å². The van der Waals surface area contributed by atoms with E-state index in [1.807, 2.05) is 41.7 Å². The van der Waals surface area contributed by atoms with E-state index in [0.717, 1.165) is 0 Å². The third-order valence-corrected chi connectivity index (χ3v) is 2.36. The van der Waals surface area contributed by atoms with Gasteiger partial charge < -0.3 is 0 Å². The smallest absolute Gasteiger partial charge is 0.120 e. The fraction of sp³-hybridized carbons (Fsp3) is 1.00. The third kappa shape index (κ3) is 1.70. The van der Waals surface area contributed by atoms with Crippen LogP contribution in [0.25, 0.3) is 0 Å². The highest BCUT2D eigenvalue weighted by Gasteiger charge is 2.37. The van der Waals surface area contributed by atoms with Crippen LogP contribution in [0.15, 0.2) is 0 Å². The average molecular weight is 146 g/mol. The van der Waals surface area contributed by atoms with Crippen LogP contribution in [0.1, 0.15) is 34.6 Å². The number of nitrogens with zero attached hydrogens (tertiary/aromatic N) is 1. The molecule has 0 aromatic heterocycles. The molecule has 0 rings (SSSR count). The minimum Gasteiger partial charge on any atom is -0.217 e. The summed E-state index contributed by atoms with van der Waals surface area (Å²) in [6, 6.07) is 0.250. The van der Waals surface area contributed by atoms with Crippen LogP contribution in [-0.2, 0) is 0 Å². The standard InChI is InChI=1S/C8H20NO/c1-7(2)9(6,10)8(3,4)5/h7,10H,1-6H3/q+1. The minimum atomic E-state index is -0.0891. The van der Waals surface area contributed by atoms with Crippen molar-refractivity contribution in [3.63, 3.8) is 0 Å². The fourth-order valence-corrected chi connectivity index (χ4v) is 0.775. The Bertz CT molecular complexity index is 111. The summed E-state index contributed by atoms with van der Waals surface area (Å²) in [5.41, 5.74) is -0.0891. The lowest BCUT2D eigenvalue weighted by atomic mass is 10.0. The molecule has 0 bridgehead atoms. The molecule has 2 heteroatoms. The van der Waals surface area contributed by atoms with Crippen molar-refractivity contribution in [3.8, 4) is 0 Å². The molecule has 0 spiro atoms. The lowest BCUT2D eigenvalue weighted by molar-refractivity contribution is -1.14. The molecule has 0 aliphatic carbocycles. The average Bonchev–Trinajstić information content (AvgIpc) is 1.62. The van der Waals surface area contributed by atoms with Gasteiger partial charge in [-0.3, -0.25) is 0 Å². The first-order chi connectivity index (χ1) is 4.19. The summed E-state index contributed by atoms with van der Waals surface area (Å²) in [6.45, 7) is 10.1. The maximum absolute atomic E-state index is 9.87. The molecule has 0 amide bonds. The van der Waals surface area contributed by atoms with E-state index < -0.39 is 0 Å². The second-order valence-electron chi connectivity index (χ2n) is 4.29. The molecule has 0 aliphatic rings. The first-order valence-corrected chi connectivity index (χ1v) is 3.78. The molecule has 0 saturated heterocycles. The van der Waals surface area contributed by atoms with Crippen molar-refractivity contribution >= 4 is 0 Å². The first-order valence-electron chi connectivity index (χ1n) is 3.78. The summed E-state index contributed by atoms with van der Waals surface area (Å²) in [6.07, 6.45) is 0. The van der Waals surface area contributed by atoms with Gasteiger partial charge in [-0.1, -0.05) is 0 Å². The Hall–Kier alpha value is -0.0800. The second-order valence-corrected chi connectivity index (χ2v) is 4.29. The Kier molecular flexibility index (Phi) is 2.49. The van der Waals surface area contributed by atoms with Gasteiger partial charge in [-0.05, 0) is 34.6 Å². The highest BCUT2D eigenvalue weighted by Crippen LogP contribution is 2.21. The van der Waals surface area contributed by atoms with Crippen LogP contribution in [0.4, 0.5) is 0 Å². The van der Waals surface area contributed by atoms with Crippen molar-refractivity contribution in [3.05, 3.63) is 0 Å². The zero-order chi connectivity index (χ0) is 8.58. The number of quaternary nitrogens is 1. The lowest BCUT2D eigenvalue weighted by Gasteiger charge is -2.41. The maximum Gasteiger partial charge on any atom is 0.120 e. The zero-order valence-corrected chi connectivity index (χ0v) is 7.97. The predicted octanol–water partition coefficient (Wildman–Crippen LogP) is 2.03. The quantitative estimate of drug-likeness (QED) is 0.443. The second kappa shape index (κ2) is 2.51. The Morgan fingerprint density at radius 3 is 1.50 bits per heavy atom. The van der Waals surface area contributed by atoms with Gasteiger partial charge in [0.1, 0.15) is 11.6 Å². The van der Waals surface area contributed by atoms with Gasteiger partial charge >= 0.3 is 0 Å². The topological polar surface area (TPSA) is 20.2 Å². The van der Waals surface area contributed by atoms with Crippen LogP contribution < -0.4 is 0 Å². The first kappa shape index (κ1) is 9.92. The van der Waals surface area contributed by atoms with Crippen molar-refractivity contribution in [2.45, 2.75) is 46.2 Å². The molecule has 1 atom stereocenters. The van der Waals surface area contributed by atoms with Crippen molar-refractivity contribution in [1.82, 2.24) is 0 Å². The molecule has 0 radical (unpaired) electrons. The monoisotopic (exact) mass is 146 g/mol. The molecule has 0 saturated carbocycles. The minimum absolute atomic E-state index is 0.0764. The summed E-state index contributed by atoms with van der Waals surface area (Å²) in [5, 5.41) is 9.87. The number of hydrogen-bond donors (Lipinski definition) is 1. The van der Waals surface area contributed by atoms with E-state index in [9.17, 15) is 5.21 Å². The molecular weight excluding hydrogens is 126 g/mol. The molecule has 10 heavy (non-hydrogen) atoms. The Balaban J connectivity index is 4.40. The summed E-state index contributed by atoms with van der Waals surface area (Å²) >= 11 is 0. The van der Waals surface area contributed by atoms with Crippen LogP contribution in [-0.4, -0.2) is 28.5 Å². The van der Waals surface area contributed by atoms with Gasteiger partial charge in [0.15, 0.2) is 0 Å². The van der Waals surface area contributed by atoms with Crippen molar-refractivity contribution in [2.75, 3.05) is 7.05 Å². The predicted molar refractivity (Wildman–Crippen MR) is 42.9 cm³/mol. The largest absolute Gasteiger partial charge is 0.217 e. The van der Waals surface area contributed by atoms with Crippen molar-refractivity contribution in [2.24, 2.45) is 0 Å². The Labute approximate surface area is 64.0 Å². The SMILES string of the molecule is CC(C)[N+](C)(O)C(C)(C)C. The molecule has 0 aromatic rings. The van der Waals surface area contributed by atoms with Gasteiger partial charge in [-0.15, -0.1) is 0 Å². The van der Waals surface area contributed by atoms with Gasteiger partial charge in [0.25, 0.3) is 0 Å². The normalized spacial score (nSPS) is 19.2. The van der Waals surface area contributed by atoms with Gasteiger partial charge in [0.05, 0.1) is 7.05 Å². The molecule has 0 fully saturated rings. The molecule has 0 aliphatic heterocycles. The summed E-state index contributed by atoms with van der Waals surface area (Å²) in [4.78, 5) is 0. The summed E-state index contributed by atoms with van der Waals surface area (Å²) < 4.78 is 0.0764. The van der Waals surface area contributed by atoms with E-state index in [2.05, 4.69) is 0 Å². The van der Waals surface area contributed by atoms with Crippen LogP contribution in [0.5, 0.6) is 0 Å². The van der Waals surface area contributed by atoms with Crippen molar-refractivity contribution in [1.29, 1.82) is 0 Å². The molecule has 62 valence electrons. The molecule has 0 heterocycles. The molecule has 1 unspecified atom stereocenters. The van der Waals surface area contributed by atoms with Gasteiger partial charge in [-0.2, -0.15) is 4.65 Å². The van der Waals surface area contributed by atoms with E-state index in [0.29, 0.717) is 0 Å². The fourth-order valence-electron chi connectivity index (χ4n) is 0.775. The van der Waals surface area contributed by atoms with Crippen LogP contribution >= 0.6 is 0 Å². The zero-order valence-electron chi connectivity index (χ0n) is 7.97. The highest BCUT2D eigenvalue weighted by atomic mass is 16.5. The Morgan fingerprint density at radius 2 is 1.50 bits per heavy atom. The number of hydroxylamine groups is 3. The van der Waals surface area contributed by atoms with Crippen LogP contribution in [0, 0.1) is 0 Å². The van der Waals surface area contributed by atoms with E-state index >= 15 is 0 Å². The van der Waals surface area contributed by atoms with Crippen LogP contribution in [0.3, 0.4) is 0 Å². The molecule has 2 nitrogen and oxygen atoms in total. The van der Waals surface area contributed by atoms with Gasteiger partial charge in [-0.25, -0.2) is 5.21 Å². The molecule has 0 aromatic carbocycles. The van der Waals surface area contributed by atoms with E-state index in [1.165, 1.54) is 0 Å². The van der Waals surface area contributed by atoms with Crippen molar-refractivity contribution < 1.29 is 9.85 Å². The number of hydrogen-bond acceptors (Lipinski definition) is 1. The number of rotatable bonds is 1. The Morgan fingerprint density at radius 1 is 1.20 bits per heavy atom. The van der Waals surface area contributed by atoms with Crippen LogP contribution in [0.2, 0.25) is 0 Å². The van der Waals surface area contributed by atoms with E-state index in [-0.39, 0.29) is 16.2 Å².